The third-order valence-corrected chi connectivity index (χ3v) is 3.53. The predicted octanol–water partition coefficient (Wildman–Crippen LogP) is 2.98. The number of aliphatic imine (C=N–C) groups is 1. The van der Waals surface area contributed by atoms with Crippen LogP contribution in [0.1, 0.15) is 24.0 Å². The van der Waals surface area contributed by atoms with E-state index in [1.54, 1.807) is 7.05 Å². The van der Waals surface area contributed by atoms with Gasteiger partial charge in [0.2, 0.25) is 0 Å². The van der Waals surface area contributed by atoms with Gasteiger partial charge < -0.3 is 10.6 Å². The minimum Gasteiger partial charge on any atom is -0.356 e. The van der Waals surface area contributed by atoms with Gasteiger partial charge in [0.1, 0.15) is 0 Å². The predicted molar refractivity (Wildman–Crippen MR) is 102 cm³/mol. The van der Waals surface area contributed by atoms with E-state index in [2.05, 4.69) is 28.0 Å². The molecule has 0 saturated heterocycles. The molecule has 0 aliphatic carbocycles. The van der Waals surface area contributed by atoms with Gasteiger partial charge in [0.05, 0.1) is 11.6 Å². The Morgan fingerprint density at radius 2 is 1.95 bits per heavy atom. The molecule has 1 aromatic carbocycles. The second-order valence-electron chi connectivity index (χ2n) is 4.36. The summed E-state index contributed by atoms with van der Waals surface area (Å²) in [5.41, 5.74) is 1.82. The third kappa shape index (κ3) is 8.83. The minimum atomic E-state index is 0. The number of thioether (sulfide) groups is 1. The number of nitrogens with one attached hydrogen (secondary N) is 2. The van der Waals surface area contributed by atoms with Crippen molar-refractivity contribution >= 4 is 41.7 Å². The van der Waals surface area contributed by atoms with E-state index in [1.807, 2.05) is 36.0 Å². The molecule has 0 unspecified atom stereocenters. The molecule has 21 heavy (non-hydrogen) atoms. The van der Waals surface area contributed by atoms with Gasteiger partial charge in [0.25, 0.3) is 0 Å². The van der Waals surface area contributed by atoms with Crippen LogP contribution in [0.25, 0.3) is 0 Å². The van der Waals surface area contributed by atoms with Crippen molar-refractivity contribution in [2.75, 3.05) is 25.6 Å². The standard InChI is InChI=1S/C15H22N4S.HI/c1-17-15(18-9-3-4-10-20-2)19-12-14-7-5-13(11-16)6-8-14;/h5-8H,3-4,9-10,12H2,1-2H3,(H2,17,18,19);1H. The van der Waals surface area contributed by atoms with Gasteiger partial charge in [-0.25, -0.2) is 0 Å². The number of rotatable bonds is 7. The summed E-state index contributed by atoms with van der Waals surface area (Å²) in [6, 6.07) is 9.69. The van der Waals surface area contributed by atoms with Crippen LogP contribution in [0, 0.1) is 11.3 Å². The molecule has 0 saturated carbocycles. The van der Waals surface area contributed by atoms with Crippen LogP contribution in [0.3, 0.4) is 0 Å². The monoisotopic (exact) mass is 418 g/mol. The van der Waals surface area contributed by atoms with Crippen molar-refractivity contribution in [2.45, 2.75) is 19.4 Å². The summed E-state index contributed by atoms with van der Waals surface area (Å²) in [6.07, 6.45) is 4.50. The Morgan fingerprint density at radius 3 is 2.52 bits per heavy atom. The molecule has 0 heterocycles. The van der Waals surface area contributed by atoms with Crippen LogP contribution in [-0.2, 0) is 6.54 Å². The molecule has 6 heteroatoms. The Labute approximate surface area is 148 Å². The maximum atomic E-state index is 8.75. The Kier molecular flexibility index (Phi) is 12.2. The lowest BCUT2D eigenvalue weighted by molar-refractivity contribution is 0.733. The van der Waals surface area contributed by atoms with Crippen molar-refractivity contribution < 1.29 is 0 Å². The Morgan fingerprint density at radius 1 is 1.24 bits per heavy atom. The molecule has 0 aliphatic heterocycles. The van der Waals surface area contributed by atoms with E-state index in [9.17, 15) is 0 Å². The number of nitrogens with zero attached hydrogens (tertiary/aromatic N) is 2. The number of unbranched alkanes of at least 4 members (excludes halogenated alkanes) is 1. The molecule has 4 nitrogen and oxygen atoms in total. The summed E-state index contributed by atoms with van der Waals surface area (Å²) < 4.78 is 0. The summed E-state index contributed by atoms with van der Waals surface area (Å²) in [4.78, 5) is 4.19. The molecule has 0 aliphatic rings. The summed E-state index contributed by atoms with van der Waals surface area (Å²) in [5.74, 6) is 2.03. The first-order valence-electron chi connectivity index (χ1n) is 6.72. The van der Waals surface area contributed by atoms with Gasteiger partial charge in [0, 0.05) is 20.1 Å². The third-order valence-electron chi connectivity index (χ3n) is 2.83. The zero-order valence-corrected chi connectivity index (χ0v) is 15.7. The second kappa shape index (κ2) is 12.8. The van der Waals surface area contributed by atoms with E-state index in [0.29, 0.717) is 12.1 Å². The molecule has 1 aromatic rings. The van der Waals surface area contributed by atoms with Gasteiger partial charge in [-0.05, 0) is 42.5 Å². The zero-order chi connectivity index (χ0) is 14.6. The number of hydrogen-bond acceptors (Lipinski definition) is 3. The molecule has 0 aromatic heterocycles. The fourth-order valence-electron chi connectivity index (χ4n) is 1.68. The molecule has 0 atom stereocenters. The number of halogens is 1. The van der Waals surface area contributed by atoms with Crippen molar-refractivity contribution in [1.82, 2.24) is 10.6 Å². The Balaban J connectivity index is 0.00000400. The van der Waals surface area contributed by atoms with E-state index in [1.165, 1.54) is 12.2 Å². The van der Waals surface area contributed by atoms with Gasteiger partial charge in [-0.1, -0.05) is 12.1 Å². The van der Waals surface area contributed by atoms with Crippen LogP contribution in [0.15, 0.2) is 29.3 Å². The fourth-order valence-corrected chi connectivity index (χ4v) is 2.17. The molecule has 0 radical (unpaired) electrons. The number of nitriles is 1. The topological polar surface area (TPSA) is 60.2 Å². The zero-order valence-electron chi connectivity index (χ0n) is 12.6. The van der Waals surface area contributed by atoms with E-state index < -0.39 is 0 Å². The first-order valence-corrected chi connectivity index (χ1v) is 8.12. The first kappa shape index (κ1) is 20.1. The highest BCUT2D eigenvalue weighted by molar-refractivity contribution is 14.0. The quantitative estimate of drug-likeness (QED) is 0.309. The van der Waals surface area contributed by atoms with Crippen LogP contribution >= 0.6 is 35.7 Å². The van der Waals surface area contributed by atoms with Crippen molar-refractivity contribution in [3.05, 3.63) is 35.4 Å². The highest BCUT2D eigenvalue weighted by atomic mass is 127. The van der Waals surface area contributed by atoms with Gasteiger partial charge in [-0.15, -0.1) is 24.0 Å². The smallest absolute Gasteiger partial charge is 0.191 e. The Hall–Kier alpha value is -0.940. The normalized spacial score (nSPS) is 10.4. The lowest BCUT2D eigenvalue weighted by atomic mass is 10.1. The molecule has 1 rings (SSSR count). The van der Waals surface area contributed by atoms with Gasteiger partial charge in [0.15, 0.2) is 5.96 Å². The number of guanidine groups is 1. The molecule has 0 spiro atoms. The maximum Gasteiger partial charge on any atom is 0.191 e. The number of benzene rings is 1. The van der Waals surface area contributed by atoms with Crippen LogP contribution in [0.5, 0.6) is 0 Å². The fraction of sp³-hybridized carbons (Fsp3) is 0.467. The molecule has 116 valence electrons. The summed E-state index contributed by atoms with van der Waals surface area (Å²) >= 11 is 1.88. The lowest BCUT2D eigenvalue weighted by Gasteiger charge is -2.11. The molecule has 0 bridgehead atoms. The highest BCUT2D eigenvalue weighted by Gasteiger charge is 1.98. The molecular formula is C15H23IN4S. The average Bonchev–Trinajstić information content (AvgIpc) is 2.50. The van der Waals surface area contributed by atoms with Crippen molar-refractivity contribution in [3.8, 4) is 6.07 Å². The van der Waals surface area contributed by atoms with Crippen molar-refractivity contribution in [1.29, 1.82) is 5.26 Å². The average molecular weight is 418 g/mol. The van der Waals surface area contributed by atoms with Crippen LogP contribution in [0.2, 0.25) is 0 Å². The van der Waals surface area contributed by atoms with E-state index >= 15 is 0 Å². The van der Waals surface area contributed by atoms with Crippen LogP contribution in [0.4, 0.5) is 0 Å². The van der Waals surface area contributed by atoms with E-state index in [4.69, 9.17) is 5.26 Å². The summed E-state index contributed by atoms with van der Waals surface area (Å²) in [6.45, 7) is 1.64. The lowest BCUT2D eigenvalue weighted by Crippen LogP contribution is -2.37. The number of hydrogen-bond donors (Lipinski definition) is 2. The molecular weight excluding hydrogens is 395 g/mol. The van der Waals surface area contributed by atoms with Gasteiger partial charge in [-0.3, -0.25) is 4.99 Å². The van der Waals surface area contributed by atoms with Gasteiger partial charge >= 0.3 is 0 Å². The largest absolute Gasteiger partial charge is 0.356 e. The van der Waals surface area contributed by atoms with Gasteiger partial charge in [-0.2, -0.15) is 17.0 Å². The SMILES string of the molecule is CN=C(NCCCCSC)NCc1ccc(C#N)cc1.I. The molecule has 0 amide bonds. The highest BCUT2D eigenvalue weighted by Crippen LogP contribution is 2.02. The second-order valence-corrected chi connectivity index (χ2v) is 5.35. The van der Waals surface area contributed by atoms with Crippen LogP contribution in [-0.4, -0.2) is 31.6 Å². The molecule has 2 N–H and O–H groups in total. The van der Waals surface area contributed by atoms with Crippen LogP contribution < -0.4 is 10.6 Å². The minimum absolute atomic E-state index is 0. The van der Waals surface area contributed by atoms with Crippen molar-refractivity contribution in [2.24, 2.45) is 4.99 Å². The van der Waals surface area contributed by atoms with E-state index in [0.717, 1.165) is 24.5 Å². The summed E-state index contributed by atoms with van der Waals surface area (Å²) in [7, 11) is 1.77. The van der Waals surface area contributed by atoms with Crippen molar-refractivity contribution in [3.63, 3.8) is 0 Å². The summed E-state index contributed by atoms with van der Waals surface area (Å²) in [5, 5.41) is 15.3. The first-order chi connectivity index (χ1) is 9.80. The van der Waals surface area contributed by atoms with E-state index in [-0.39, 0.29) is 24.0 Å². The maximum absolute atomic E-state index is 8.75. The molecule has 0 fully saturated rings. The Bertz CT molecular complexity index is 454.